The Balaban J connectivity index is 2.13. The van der Waals surface area contributed by atoms with Crippen molar-refractivity contribution in [3.8, 4) is 0 Å². The molecule has 21 heavy (non-hydrogen) atoms. The van der Waals surface area contributed by atoms with E-state index in [4.69, 9.17) is 5.73 Å². The van der Waals surface area contributed by atoms with Gasteiger partial charge in [0.1, 0.15) is 5.82 Å². The Hall–Kier alpha value is -2.38. The monoisotopic (exact) mass is 290 g/mol. The minimum Gasteiger partial charge on any atom is -0.480 e. The molecule has 0 radical (unpaired) electrons. The summed E-state index contributed by atoms with van der Waals surface area (Å²) < 4.78 is 3.24. The summed E-state index contributed by atoms with van der Waals surface area (Å²) in [6.07, 6.45) is 1.36. The molecule has 8 nitrogen and oxygen atoms in total. The fourth-order valence-corrected chi connectivity index (χ4v) is 3.29. The highest BCUT2D eigenvalue weighted by Crippen LogP contribution is 2.40. The van der Waals surface area contributed by atoms with Gasteiger partial charge in [0.25, 0.3) is 0 Å². The van der Waals surface area contributed by atoms with Crippen LogP contribution in [0.3, 0.4) is 0 Å². The van der Waals surface area contributed by atoms with Crippen LogP contribution in [-0.4, -0.2) is 35.6 Å². The van der Waals surface area contributed by atoms with Gasteiger partial charge in [-0.15, -0.1) is 5.10 Å². The van der Waals surface area contributed by atoms with Gasteiger partial charge in [-0.1, -0.05) is 0 Å². The maximum absolute atomic E-state index is 11.8. The predicted octanol–water partition coefficient (Wildman–Crippen LogP) is 0.566. The Morgan fingerprint density at radius 3 is 2.67 bits per heavy atom. The minimum absolute atomic E-state index is 0.122. The second-order valence-electron chi connectivity index (χ2n) is 5.47. The molecule has 2 aromatic rings. The largest absolute Gasteiger partial charge is 0.480 e. The van der Waals surface area contributed by atoms with Crippen LogP contribution < -0.4 is 5.73 Å². The third-order valence-corrected chi connectivity index (χ3v) is 4.23. The lowest BCUT2D eigenvalue weighted by molar-refractivity contribution is -0.142. The van der Waals surface area contributed by atoms with E-state index in [0.29, 0.717) is 18.7 Å². The summed E-state index contributed by atoms with van der Waals surface area (Å²) in [5.74, 6) is -0.342. The van der Waals surface area contributed by atoms with Crippen molar-refractivity contribution in [3.05, 3.63) is 22.8 Å². The number of nitrogens with zero attached hydrogens (tertiary/aromatic N) is 5. The summed E-state index contributed by atoms with van der Waals surface area (Å²) in [6.45, 7) is 3.87. The highest BCUT2D eigenvalue weighted by atomic mass is 16.4. The molecule has 8 heteroatoms. The Labute approximate surface area is 121 Å². The zero-order valence-corrected chi connectivity index (χ0v) is 12.2. The highest BCUT2D eigenvalue weighted by molar-refractivity contribution is 5.74. The van der Waals surface area contributed by atoms with Crippen LogP contribution in [0.1, 0.15) is 41.2 Å². The molecule has 0 saturated carbocycles. The van der Waals surface area contributed by atoms with Crippen LogP contribution >= 0.6 is 0 Å². The number of nitrogens with two attached hydrogens (primary N) is 1. The van der Waals surface area contributed by atoms with Crippen LogP contribution in [0, 0.1) is 13.8 Å². The molecule has 0 fully saturated rings. The van der Waals surface area contributed by atoms with E-state index in [9.17, 15) is 9.90 Å². The first-order valence-corrected chi connectivity index (χ1v) is 6.84. The lowest BCUT2D eigenvalue weighted by Gasteiger charge is -2.29. The maximum Gasteiger partial charge on any atom is 0.329 e. The van der Waals surface area contributed by atoms with Crippen molar-refractivity contribution >= 4 is 11.9 Å². The molecule has 3 rings (SSSR count). The summed E-state index contributed by atoms with van der Waals surface area (Å²) >= 11 is 0. The molecule has 0 spiro atoms. The summed E-state index contributed by atoms with van der Waals surface area (Å²) in [5.41, 5.74) is 8.46. The molecule has 0 aromatic carbocycles. The number of carboxylic acid groups (broad SMARTS) is 1. The van der Waals surface area contributed by atoms with E-state index in [0.717, 1.165) is 17.0 Å². The number of carboxylic acids is 1. The zero-order valence-electron chi connectivity index (χ0n) is 12.2. The molecule has 0 amide bonds. The van der Waals surface area contributed by atoms with Crippen LogP contribution in [0.15, 0.2) is 0 Å². The molecule has 2 aromatic heterocycles. The fraction of sp³-hybridized carbons (Fsp3) is 0.538. The van der Waals surface area contributed by atoms with Crippen molar-refractivity contribution in [2.75, 3.05) is 5.73 Å². The number of carbonyl (C=O) groups is 1. The topological polar surface area (TPSA) is 112 Å². The van der Waals surface area contributed by atoms with Gasteiger partial charge in [-0.05, 0) is 20.3 Å². The quantitative estimate of drug-likeness (QED) is 0.836. The van der Waals surface area contributed by atoms with Crippen LogP contribution in [0.4, 0.5) is 5.95 Å². The van der Waals surface area contributed by atoms with Crippen LogP contribution in [0.5, 0.6) is 0 Å². The summed E-state index contributed by atoms with van der Waals surface area (Å²) in [6, 6.07) is -0.792. The Morgan fingerprint density at radius 1 is 1.38 bits per heavy atom. The van der Waals surface area contributed by atoms with E-state index < -0.39 is 12.0 Å². The molecule has 0 saturated heterocycles. The van der Waals surface area contributed by atoms with Gasteiger partial charge in [-0.2, -0.15) is 10.1 Å². The molecule has 3 heterocycles. The number of rotatable bonds is 2. The number of fused-ring (bicyclic) bond motifs is 1. The van der Waals surface area contributed by atoms with Crippen molar-refractivity contribution in [3.63, 3.8) is 0 Å². The second kappa shape index (κ2) is 4.57. The molecule has 0 bridgehead atoms. The van der Waals surface area contributed by atoms with E-state index in [1.54, 1.807) is 4.68 Å². The molecule has 1 aliphatic rings. The molecule has 2 unspecified atom stereocenters. The SMILES string of the molecule is Cc1nn(C)c(C)c1C1CCc2nc(N)nn2C1C(=O)O. The maximum atomic E-state index is 11.8. The van der Waals surface area contributed by atoms with Gasteiger partial charge in [-0.3, -0.25) is 4.68 Å². The van der Waals surface area contributed by atoms with Crippen molar-refractivity contribution in [2.45, 2.75) is 38.6 Å². The average Bonchev–Trinajstić information content (AvgIpc) is 2.88. The number of aryl methyl sites for hydroxylation is 3. The summed E-state index contributed by atoms with van der Waals surface area (Å²) in [7, 11) is 1.86. The van der Waals surface area contributed by atoms with Crippen molar-refractivity contribution in [2.24, 2.45) is 7.05 Å². The van der Waals surface area contributed by atoms with Gasteiger partial charge < -0.3 is 10.8 Å². The van der Waals surface area contributed by atoms with Crippen molar-refractivity contribution in [1.29, 1.82) is 0 Å². The Kier molecular flexibility index (Phi) is 2.96. The Morgan fingerprint density at radius 2 is 2.10 bits per heavy atom. The van der Waals surface area contributed by atoms with Gasteiger partial charge in [0.15, 0.2) is 6.04 Å². The summed E-state index contributed by atoms with van der Waals surface area (Å²) in [5, 5.41) is 18.1. The molecular formula is C13H18N6O2. The Bertz CT molecular complexity index is 717. The first kappa shape index (κ1) is 13.6. The third kappa shape index (κ3) is 1.98. The van der Waals surface area contributed by atoms with Crippen LogP contribution in [-0.2, 0) is 18.3 Å². The van der Waals surface area contributed by atoms with Crippen molar-refractivity contribution in [1.82, 2.24) is 24.5 Å². The number of aromatic nitrogens is 5. The predicted molar refractivity (Wildman–Crippen MR) is 74.9 cm³/mol. The normalized spacial score (nSPS) is 21.3. The molecular weight excluding hydrogens is 272 g/mol. The molecule has 2 atom stereocenters. The first-order valence-electron chi connectivity index (χ1n) is 6.84. The number of aliphatic carboxylic acids is 1. The molecule has 1 aliphatic heterocycles. The third-order valence-electron chi connectivity index (χ3n) is 4.23. The van der Waals surface area contributed by atoms with Crippen molar-refractivity contribution < 1.29 is 9.90 Å². The molecule has 112 valence electrons. The number of nitrogen functional groups attached to an aromatic ring is 1. The van der Waals surface area contributed by atoms with E-state index >= 15 is 0 Å². The molecule has 0 aliphatic carbocycles. The number of anilines is 1. The minimum atomic E-state index is -0.923. The molecule has 3 N–H and O–H groups in total. The second-order valence-corrected chi connectivity index (χ2v) is 5.47. The zero-order chi connectivity index (χ0) is 15.3. The van der Waals surface area contributed by atoms with Gasteiger partial charge >= 0.3 is 5.97 Å². The summed E-state index contributed by atoms with van der Waals surface area (Å²) in [4.78, 5) is 15.9. The number of hydrogen-bond acceptors (Lipinski definition) is 5. The van der Waals surface area contributed by atoms with E-state index in [2.05, 4.69) is 15.2 Å². The van der Waals surface area contributed by atoms with Gasteiger partial charge in [0.05, 0.1) is 5.69 Å². The smallest absolute Gasteiger partial charge is 0.329 e. The van der Waals surface area contributed by atoms with Gasteiger partial charge in [0.2, 0.25) is 5.95 Å². The fourth-order valence-electron chi connectivity index (χ4n) is 3.29. The van der Waals surface area contributed by atoms with E-state index in [-0.39, 0.29) is 11.9 Å². The van der Waals surface area contributed by atoms with E-state index in [1.165, 1.54) is 4.68 Å². The average molecular weight is 290 g/mol. The lowest BCUT2D eigenvalue weighted by Crippen LogP contribution is -2.33. The highest BCUT2D eigenvalue weighted by Gasteiger charge is 2.39. The number of hydrogen-bond donors (Lipinski definition) is 2. The van der Waals surface area contributed by atoms with Crippen LogP contribution in [0.2, 0.25) is 0 Å². The van der Waals surface area contributed by atoms with E-state index in [1.807, 2.05) is 20.9 Å². The van der Waals surface area contributed by atoms with Gasteiger partial charge in [0, 0.05) is 30.6 Å². The van der Waals surface area contributed by atoms with Crippen LogP contribution in [0.25, 0.3) is 0 Å². The lowest BCUT2D eigenvalue weighted by atomic mass is 9.83. The van der Waals surface area contributed by atoms with Gasteiger partial charge in [-0.25, -0.2) is 9.48 Å². The standard InChI is InChI=1S/C13H18N6O2/c1-6-10(7(2)18(3)16-6)8-4-5-9-15-13(14)17-19(9)11(8)12(20)21/h8,11H,4-5H2,1-3H3,(H2,14,17)(H,20,21). The first-order chi connectivity index (χ1) is 9.90.